The summed E-state index contributed by atoms with van der Waals surface area (Å²) in [6.07, 6.45) is 12.5. The van der Waals surface area contributed by atoms with Crippen LogP contribution >= 0.6 is 0 Å². The van der Waals surface area contributed by atoms with Crippen LogP contribution in [0.25, 0.3) is 0 Å². The molecule has 0 spiro atoms. The van der Waals surface area contributed by atoms with Crippen molar-refractivity contribution < 1.29 is 13.9 Å². The minimum absolute atomic E-state index is 0.0259. The van der Waals surface area contributed by atoms with Gasteiger partial charge in [0.05, 0.1) is 38.2 Å². The first-order valence-electron chi connectivity index (χ1n) is 13.9. The quantitative estimate of drug-likeness (QED) is 0.113. The van der Waals surface area contributed by atoms with E-state index in [-0.39, 0.29) is 11.2 Å². The monoisotopic (exact) mass is 506 g/mol. The van der Waals surface area contributed by atoms with Crippen LogP contribution in [0.3, 0.4) is 0 Å². The van der Waals surface area contributed by atoms with E-state index in [0.717, 1.165) is 19.3 Å². The highest BCUT2D eigenvalue weighted by molar-refractivity contribution is 6.78. The highest BCUT2D eigenvalue weighted by Crippen LogP contribution is 2.47. The molecular formula is C29H54O3Si2. The molecule has 3 nitrogen and oxygen atoms in total. The number of epoxide rings is 1. The first-order valence-corrected chi connectivity index (χ1v) is 20.9. The Morgan fingerprint density at radius 2 is 1.50 bits per heavy atom. The van der Waals surface area contributed by atoms with Crippen molar-refractivity contribution in [3.05, 3.63) is 35.9 Å². The van der Waals surface area contributed by atoms with Gasteiger partial charge in [-0.15, -0.1) is 0 Å². The van der Waals surface area contributed by atoms with E-state index in [4.69, 9.17) is 13.9 Å². The van der Waals surface area contributed by atoms with Gasteiger partial charge in [0.25, 0.3) is 0 Å². The van der Waals surface area contributed by atoms with Crippen LogP contribution in [-0.4, -0.2) is 39.9 Å². The Bertz CT molecular complexity index is 698. The summed E-state index contributed by atoms with van der Waals surface area (Å²) in [6.45, 7) is 20.2. The van der Waals surface area contributed by atoms with Crippen molar-refractivity contribution in [2.75, 3.05) is 6.61 Å². The summed E-state index contributed by atoms with van der Waals surface area (Å²) in [5, 5.41) is 0. The van der Waals surface area contributed by atoms with Crippen molar-refractivity contribution in [2.45, 2.75) is 141 Å². The largest absolute Gasteiger partial charge is 0.410 e. The second-order valence-electron chi connectivity index (χ2n) is 12.9. The molecule has 3 atom stereocenters. The highest BCUT2D eigenvalue weighted by atomic mass is 28.4. The molecule has 1 aliphatic heterocycles. The van der Waals surface area contributed by atoms with Crippen LogP contribution < -0.4 is 0 Å². The summed E-state index contributed by atoms with van der Waals surface area (Å²) >= 11 is 0. The Balaban J connectivity index is 2.05. The molecule has 1 aromatic rings. The molecule has 1 aliphatic rings. The van der Waals surface area contributed by atoms with Gasteiger partial charge in [0.1, 0.15) is 0 Å². The third-order valence-corrected chi connectivity index (χ3v) is 10.3. The van der Waals surface area contributed by atoms with Crippen molar-refractivity contribution in [1.29, 1.82) is 0 Å². The lowest BCUT2D eigenvalue weighted by molar-refractivity contribution is -0.0541. The minimum atomic E-state index is -1.75. The van der Waals surface area contributed by atoms with Gasteiger partial charge < -0.3 is 13.9 Å². The van der Waals surface area contributed by atoms with Crippen LogP contribution in [0.15, 0.2) is 30.3 Å². The molecule has 0 aromatic heterocycles. The molecule has 0 aliphatic carbocycles. The van der Waals surface area contributed by atoms with E-state index < -0.39 is 16.4 Å². The van der Waals surface area contributed by atoms with Gasteiger partial charge in [-0.3, -0.25) is 0 Å². The fourth-order valence-electron chi connectivity index (χ4n) is 5.38. The molecule has 1 heterocycles. The molecule has 2 unspecified atom stereocenters. The van der Waals surface area contributed by atoms with E-state index in [2.05, 4.69) is 83.5 Å². The molecule has 5 heteroatoms. The van der Waals surface area contributed by atoms with E-state index in [1.165, 1.54) is 50.5 Å². The number of unbranched alkanes of at least 4 members (excludes halogenated alkanes) is 6. The van der Waals surface area contributed by atoms with Crippen molar-refractivity contribution in [2.24, 2.45) is 0 Å². The lowest BCUT2D eigenvalue weighted by Gasteiger charge is -2.40. The zero-order chi connectivity index (χ0) is 25.3. The number of benzene rings is 1. The van der Waals surface area contributed by atoms with Crippen molar-refractivity contribution in [3.8, 4) is 0 Å². The summed E-state index contributed by atoms with van der Waals surface area (Å²) < 4.78 is 19.7. The Hall–Kier alpha value is -0.466. The van der Waals surface area contributed by atoms with E-state index in [1.807, 2.05) is 0 Å². The third-order valence-electron chi connectivity index (χ3n) is 6.98. The first-order chi connectivity index (χ1) is 15.9. The van der Waals surface area contributed by atoms with Crippen LogP contribution in [0.4, 0.5) is 0 Å². The average molecular weight is 507 g/mol. The summed E-state index contributed by atoms with van der Waals surface area (Å²) in [4.78, 5) is 0. The van der Waals surface area contributed by atoms with E-state index in [9.17, 15) is 0 Å². The van der Waals surface area contributed by atoms with Gasteiger partial charge in [-0.25, -0.2) is 0 Å². The number of rotatable bonds is 18. The maximum Gasteiger partial charge on any atom is 0.184 e. The van der Waals surface area contributed by atoms with E-state index in [0.29, 0.717) is 18.9 Å². The maximum absolute atomic E-state index is 7.02. The summed E-state index contributed by atoms with van der Waals surface area (Å²) in [5.74, 6) is 0. The zero-order valence-electron chi connectivity index (χ0n) is 23.7. The van der Waals surface area contributed by atoms with E-state index >= 15 is 0 Å². The van der Waals surface area contributed by atoms with Crippen molar-refractivity contribution in [3.63, 3.8) is 0 Å². The molecule has 0 radical (unpaired) electrons. The van der Waals surface area contributed by atoms with Crippen molar-refractivity contribution >= 4 is 16.4 Å². The van der Waals surface area contributed by atoms with Crippen LogP contribution in [-0.2, 0) is 20.5 Å². The lowest BCUT2D eigenvalue weighted by atomic mass is 9.88. The SMILES string of the molecule is CCCCCCCCC[C@](CCC1(C)OC1[Si](C)(C)C)(COCc1ccccc1)O[Si](C)(C)C. The Morgan fingerprint density at radius 3 is 2.06 bits per heavy atom. The van der Waals surface area contributed by atoms with Crippen LogP contribution in [0.1, 0.15) is 83.6 Å². The second kappa shape index (κ2) is 13.2. The molecule has 0 N–H and O–H groups in total. The molecule has 1 fully saturated rings. The van der Waals surface area contributed by atoms with Gasteiger partial charge >= 0.3 is 0 Å². The topological polar surface area (TPSA) is 31.0 Å². The van der Waals surface area contributed by atoms with Crippen LogP contribution in [0.5, 0.6) is 0 Å². The summed E-state index contributed by atoms with van der Waals surface area (Å²) in [7, 11) is -3.05. The van der Waals surface area contributed by atoms with Gasteiger partial charge in [-0.2, -0.15) is 0 Å². The fourth-order valence-corrected chi connectivity index (χ4v) is 9.54. The highest BCUT2D eigenvalue weighted by Gasteiger charge is 2.58. The normalized spacial score (nSPS) is 22.5. The van der Waals surface area contributed by atoms with Crippen molar-refractivity contribution in [1.82, 2.24) is 0 Å². The molecular weight excluding hydrogens is 452 g/mol. The minimum Gasteiger partial charge on any atom is -0.410 e. The smallest absolute Gasteiger partial charge is 0.184 e. The molecule has 34 heavy (non-hydrogen) atoms. The average Bonchev–Trinajstić information content (AvgIpc) is 3.44. The number of ether oxygens (including phenoxy) is 2. The number of hydrogen-bond donors (Lipinski definition) is 0. The molecule has 0 amide bonds. The summed E-state index contributed by atoms with van der Waals surface area (Å²) in [5.41, 5.74) is 1.52. The molecule has 0 saturated carbocycles. The predicted molar refractivity (Wildman–Crippen MR) is 152 cm³/mol. The molecule has 196 valence electrons. The van der Waals surface area contributed by atoms with Gasteiger partial charge in [-0.1, -0.05) is 102 Å². The standard InChI is InChI=1S/C29H54O3Si2/c1-9-10-11-12-13-14-18-21-29(32-34(6,7)8,25-30-24-26-19-16-15-17-20-26)23-22-28(2)27(31-28)33(3,4)5/h15-17,19-20,27H,9-14,18,21-25H2,1-8H3/t27?,28?,29-/m0/s1. The predicted octanol–water partition coefficient (Wildman–Crippen LogP) is 8.75. The second-order valence-corrected chi connectivity index (χ2v) is 22.6. The lowest BCUT2D eigenvalue weighted by Crippen LogP contribution is -2.47. The molecule has 2 rings (SSSR count). The van der Waals surface area contributed by atoms with Crippen LogP contribution in [0.2, 0.25) is 39.3 Å². The first kappa shape index (κ1) is 29.8. The molecule has 0 bridgehead atoms. The van der Waals surface area contributed by atoms with Gasteiger partial charge in [0.2, 0.25) is 0 Å². The Kier molecular flexibility index (Phi) is 11.5. The Morgan fingerprint density at radius 1 is 0.882 bits per heavy atom. The van der Waals surface area contributed by atoms with E-state index in [1.54, 1.807) is 0 Å². The van der Waals surface area contributed by atoms with Gasteiger partial charge in [0.15, 0.2) is 8.32 Å². The zero-order valence-corrected chi connectivity index (χ0v) is 25.7. The fraction of sp³-hybridized carbons (Fsp3) is 0.793. The summed E-state index contributed by atoms with van der Waals surface area (Å²) in [6, 6.07) is 10.5. The number of hydrogen-bond acceptors (Lipinski definition) is 3. The molecule has 1 aromatic carbocycles. The van der Waals surface area contributed by atoms with Gasteiger partial charge in [0, 0.05) is 0 Å². The Labute approximate surface area is 213 Å². The van der Waals surface area contributed by atoms with Crippen LogP contribution in [0, 0.1) is 0 Å². The van der Waals surface area contributed by atoms with Gasteiger partial charge in [-0.05, 0) is 51.4 Å². The third kappa shape index (κ3) is 10.7. The molecule has 1 saturated heterocycles. The maximum atomic E-state index is 7.02.